The number of methoxy groups -OCH3 is 1. The van der Waals surface area contributed by atoms with Gasteiger partial charge in [0, 0.05) is 12.3 Å². The van der Waals surface area contributed by atoms with E-state index >= 15 is 0 Å². The lowest BCUT2D eigenvalue weighted by Crippen LogP contribution is -2.24. The van der Waals surface area contributed by atoms with E-state index in [1.165, 1.54) is 12.7 Å². The van der Waals surface area contributed by atoms with E-state index < -0.39 is 11.7 Å². The van der Waals surface area contributed by atoms with Crippen LogP contribution in [0.15, 0.2) is 24.3 Å². The van der Waals surface area contributed by atoms with Gasteiger partial charge >= 0.3 is 5.97 Å². The van der Waals surface area contributed by atoms with Crippen molar-refractivity contribution in [1.82, 2.24) is 0 Å². The van der Waals surface area contributed by atoms with Gasteiger partial charge in [-0.3, -0.25) is 4.79 Å². The molecule has 0 unspecified atom stereocenters. The zero-order valence-corrected chi connectivity index (χ0v) is 18.4. The molecular weight excluding hydrogens is 392 g/mol. The van der Waals surface area contributed by atoms with Crippen molar-refractivity contribution in [2.45, 2.75) is 82.3 Å². The number of Topliss-reactive ketones (excluding diaryl/α,β-unsaturated/α-hetero) is 1. The number of esters is 1. The molecule has 0 spiro atoms. The predicted molar refractivity (Wildman–Crippen MR) is 118 cm³/mol. The maximum absolute atomic E-state index is 12.3. The van der Waals surface area contributed by atoms with E-state index in [2.05, 4.69) is 11.8 Å². The number of rotatable bonds is 8. The molecule has 0 bridgehead atoms. The predicted octanol–water partition coefficient (Wildman–Crippen LogP) is 3.84. The largest absolute Gasteiger partial charge is 0.465 e. The molecule has 1 aromatic carbocycles. The minimum Gasteiger partial charge on any atom is -0.465 e. The van der Waals surface area contributed by atoms with E-state index in [9.17, 15) is 19.8 Å². The first kappa shape index (κ1) is 23.5. The fourth-order valence-electron chi connectivity index (χ4n) is 4.77. The minimum atomic E-state index is -0.926. The SMILES string of the molecule is COC(=O)c1ccc(CCCCCC[C@H]2C(=O)C[C@@H](O)[C@@H]2C#CC2(O)CCCC2)cc1. The fourth-order valence-corrected chi connectivity index (χ4v) is 4.77. The van der Waals surface area contributed by atoms with Gasteiger partial charge < -0.3 is 14.9 Å². The summed E-state index contributed by atoms with van der Waals surface area (Å²) in [5, 5.41) is 20.7. The first-order chi connectivity index (χ1) is 14.9. The van der Waals surface area contributed by atoms with Crippen LogP contribution >= 0.6 is 0 Å². The number of benzene rings is 1. The molecule has 2 aliphatic rings. The summed E-state index contributed by atoms with van der Waals surface area (Å²) in [6.07, 6.45) is 8.61. The van der Waals surface area contributed by atoms with Gasteiger partial charge in [-0.2, -0.15) is 0 Å². The average Bonchev–Trinajstić information content (AvgIpc) is 3.31. The zero-order chi connectivity index (χ0) is 22.3. The highest BCUT2D eigenvalue weighted by Crippen LogP contribution is 2.34. The van der Waals surface area contributed by atoms with E-state index in [0.29, 0.717) is 18.4 Å². The van der Waals surface area contributed by atoms with Crippen molar-refractivity contribution >= 4 is 11.8 Å². The molecular formula is C26H34O5. The third kappa shape index (κ3) is 6.41. The minimum absolute atomic E-state index is 0.107. The Hall–Kier alpha value is -2.16. The van der Waals surface area contributed by atoms with Gasteiger partial charge in [-0.15, -0.1) is 0 Å². The maximum Gasteiger partial charge on any atom is 0.337 e. The molecule has 0 amide bonds. The molecule has 2 fully saturated rings. The summed E-state index contributed by atoms with van der Waals surface area (Å²) in [5.41, 5.74) is 0.833. The summed E-state index contributed by atoms with van der Waals surface area (Å²) >= 11 is 0. The summed E-state index contributed by atoms with van der Waals surface area (Å²) in [5.74, 6) is 5.30. The molecule has 0 heterocycles. The van der Waals surface area contributed by atoms with Crippen molar-refractivity contribution in [2.24, 2.45) is 11.8 Å². The van der Waals surface area contributed by atoms with Crippen LogP contribution in [-0.4, -0.2) is 40.8 Å². The van der Waals surface area contributed by atoms with E-state index in [-0.39, 0.29) is 30.0 Å². The Kier molecular flexibility index (Phi) is 8.28. The molecule has 2 aliphatic carbocycles. The standard InChI is InChI=1S/C26H34O5/c1-31-25(29)20-12-10-19(11-13-20)8-4-2-3-5-9-21-22(24(28)18-23(21)27)14-17-26(30)15-6-7-16-26/h10-13,21-22,24,28,30H,2-9,15-16,18H2,1H3/t21-,22-,24-/m1/s1. The molecule has 168 valence electrons. The Bertz CT molecular complexity index is 810. The molecule has 5 nitrogen and oxygen atoms in total. The van der Waals surface area contributed by atoms with Gasteiger partial charge in [-0.1, -0.05) is 43.2 Å². The van der Waals surface area contributed by atoms with Crippen molar-refractivity contribution in [1.29, 1.82) is 0 Å². The van der Waals surface area contributed by atoms with E-state index in [4.69, 9.17) is 4.74 Å². The molecule has 3 atom stereocenters. The van der Waals surface area contributed by atoms with E-state index in [1.54, 1.807) is 12.1 Å². The van der Waals surface area contributed by atoms with Crippen LogP contribution in [0.2, 0.25) is 0 Å². The third-order valence-corrected chi connectivity index (χ3v) is 6.68. The highest BCUT2D eigenvalue weighted by molar-refractivity contribution is 5.89. The Labute approximate surface area is 185 Å². The average molecular weight is 427 g/mol. The quantitative estimate of drug-likeness (QED) is 0.375. The number of ketones is 1. The molecule has 0 saturated heterocycles. The molecule has 0 radical (unpaired) electrons. The second-order valence-electron chi connectivity index (χ2n) is 9.02. The van der Waals surface area contributed by atoms with E-state index in [1.807, 2.05) is 12.1 Å². The molecule has 5 heteroatoms. The van der Waals surface area contributed by atoms with Gasteiger partial charge in [-0.25, -0.2) is 4.79 Å². The van der Waals surface area contributed by atoms with Crippen LogP contribution in [0.5, 0.6) is 0 Å². The topological polar surface area (TPSA) is 83.8 Å². The van der Waals surface area contributed by atoms with Crippen LogP contribution in [0, 0.1) is 23.7 Å². The smallest absolute Gasteiger partial charge is 0.337 e. The van der Waals surface area contributed by atoms with Crippen molar-refractivity contribution in [3.05, 3.63) is 35.4 Å². The number of aliphatic hydroxyl groups excluding tert-OH is 1. The van der Waals surface area contributed by atoms with Crippen molar-refractivity contribution in [2.75, 3.05) is 7.11 Å². The Balaban J connectivity index is 1.40. The summed E-state index contributed by atoms with van der Waals surface area (Å²) in [6.45, 7) is 0. The van der Waals surface area contributed by atoms with Gasteiger partial charge in [0.15, 0.2) is 0 Å². The van der Waals surface area contributed by atoms with Crippen LogP contribution in [0.25, 0.3) is 0 Å². The normalized spacial score (nSPS) is 24.6. The van der Waals surface area contributed by atoms with Gasteiger partial charge in [0.25, 0.3) is 0 Å². The number of hydrogen-bond donors (Lipinski definition) is 2. The van der Waals surface area contributed by atoms with Crippen LogP contribution in [0.1, 0.15) is 80.1 Å². The van der Waals surface area contributed by atoms with Gasteiger partial charge in [-0.05, 0) is 62.6 Å². The Morgan fingerprint density at radius 2 is 1.81 bits per heavy atom. The van der Waals surface area contributed by atoms with Crippen molar-refractivity contribution in [3.63, 3.8) is 0 Å². The lowest BCUT2D eigenvalue weighted by molar-refractivity contribution is -0.121. The Morgan fingerprint density at radius 3 is 2.48 bits per heavy atom. The second kappa shape index (κ2) is 10.9. The summed E-state index contributed by atoms with van der Waals surface area (Å²) in [4.78, 5) is 23.8. The number of aliphatic hydroxyl groups is 2. The fraction of sp³-hybridized carbons (Fsp3) is 0.615. The monoisotopic (exact) mass is 426 g/mol. The van der Waals surface area contributed by atoms with Crippen molar-refractivity contribution < 1.29 is 24.5 Å². The lowest BCUT2D eigenvalue weighted by atomic mass is 9.88. The van der Waals surface area contributed by atoms with Crippen molar-refractivity contribution in [3.8, 4) is 11.8 Å². The molecule has 31 heavy (non-hydrogen) atoms. The lowest BCUT2D eigenvalue weighted by Gasteiger charge is -2.18. The maximum atomic E-state index is 12.3. The molecule has 0 aliphatic heterocycles. The molecule has 3 rings (SSSR count). The van der Waals surface area contributed by atoms with E-state index in [0.717, 1.165) is 51.4 Å². The van der Waals surface area contributed by atoms with Gasteiger partial charge in [0.1, 0.15) is 11.4 Å². The van der Waals surface area contributed by atoms with Crippen LogP contribution in [0.3, 0.4) is 0 Å². The molecule has 2 saturated carbocycles. The number of aryl methyl sites for hydroxylation is 1. The number of carbonyl (C=O) groups is 2. The van der Waals surface area contributed by atoms with Crippen LogP contribution in [0.4, 0.5) is 0 Å². The summed E-state index contributed by atoms with van der Waals surface area (Å²) in [6, 6.07) is 7.52. The number of unbranched alkanes of at least 4 members (excludes halogenated alkanes) is 3. The van der Waals surface area contributed by atoms with Crippen LogP contribution < -0.4 is 0 Å². The first-order valence-electron chi connectivity index (χ1n) is 11.5. The summed E-state index contributed by atoms with van der Waals surface area (Å²) < 4.78 is 4.71. The number of hydrogen-bond acceptors (Lipinski definition) is 5. The third-order valence-electron chi connectivity index (χ3n) is 6.68. The van der Waals surface area contributed by atoms with Gasteiger partial charge in [0.05, 0.1) is 24.7 Å². The zero-order valence-electron chi connectivity index (χ0n) is 18.4. The number of ether oxygens (including phenoxy) is 1. The summed E-state index contributed by atoms with van der Waals surface area (Å²) in [7, 11) is 1.38. The molecule has 0 aromatic heterocycles. The molecule has 1 aromatic rings. The Morgan fingerprint density at radius 1 is 1.13 bits per heavy atom. The number of carbonyl (C=O) groups excluding carboxylic acids is 2. The molecule has 2 N–H and O–H groups in total. The first-order valence-corrected chi connectivity index (χ1v) is 11.5. The second-order valence-corrected chi connectivity index (χ2v) is 9.02. The highest BCUT2D eigenvalue weighted by atomic mass is 16.5. The van der Waals surface area contributed by atoms with Crippen LogP contribution in [-0.2, 0) is 16.0 Å². The van der Waals surface area contributed by atoms with Gasteiger partial charge in [0.2, 0.25) is 0 Å². The highest BCUT2D eigenvalue weighted by Gasteiger charge is 2.40.